The van der Waals surface area contributed by atoms with Crippen molar-refractivity contribution in [3.05, 3.63) is 35.9 Å². The van der Waals surface area contributed by atoms with Crippen LogP contribution in [0.15, 0.2) is 30.3 Å². The first-order valence-corrected chi connectivity index (χ1v) is 7.14. The van der Waals surface area contributed by atoms with E-state index in [1.165, 1.54) is 0 Å². The highest BCUT2D eigenvalue weighted by Gasteiger charge is 2.33. The molecule has 4 nitrogen and oxygen atoms in total. The number of morpholine rings is 1. The highest BCUT2D eigenvalue weighted by atomic mass is 16.5. The molecule has 20 heavy (non-hydrogen) atoms. The zero-order valence-electron chi connectivity index (χ0n) is 12.5. The largest absolute Gasteiger partial charge is 0.372 e. The summed E-state index contributed by atoms with van der Waals surface area (Å²) in [5, 5.41) is 0. The maximum atomic E-state index is 12.6. The molecule has 1 saturated heterocycles. The molecule has 1 aliphatic rings. The summed E-state index contributed by atoms with van der Waals surface area (Å²) in [5.74, 6) is -0.121. The molecule has 0 saturated carbocycles. The fourth-order valence-electron chi connectivity index (χ4n) is 2.61. The molecule has 0 aliphatic carbocycles. The number of hydrogen-bond donors (Lipinski definition) is 1. The van der Waals surface area contributed by atoms with E-state index in [0.29, 0.717) is 19.7 Å². The number of hydrogen-bond acceptors (Lipinski definition) is 3. The van der Waals surface area contributed by atoms with E-state index < -0.39 is 0 Å². The maximum absolute atomic E-state index is 12.6. The lowest BCUT2D eigenvalue weighted by Crippen LogP contribution is -2.52. The Labute approximate surface area is 120 Å². The van der Waals surface area contributed by atoms with Gasteiger partial charge in [-0.25, -0.2) is 0 Å². The van der Waals surface area contributed by atoms with Crippen LogP contribution in [-0.4, -0.2) is 36.1 Å². The molecule has 0 spiro atoms. The van der Waals surface area contributed by atoms with Crippen molar-refractivity contribution in [1.29, 1.82) is 0 Å². The molecule has 2 unspecified atom stereocenters. The third-order valence-corrected chi connectivity index (χ3v) is 3.85. The average Bonchev–Trinajstić information content (AvgIpc) is 2.45. The van der Waals surface area contributed by atoms with E-state index in [0.717, 1.165) is 5.56 Å². The summed E-state index contributed by atoms with van der Waals surface area (Å²) >= 11 is 0. The lowest BCUT2D eigenvalue weighted by molar-refractivity contribution is -0.150. The van der Waals surface area contributed by atoms with Gasteiger partial charge in [0.25, 0.3) is 0 Å². The van der Waals surface area contributed by atoms with E-state index in [1.54, 1.807) is 0 Å². The highest BCUT2D eigenvalue weighted by molar-refractivity contribution is 5.79. The number of ether oxygens (including phenoxy) is 1. The van der Waals surface area contributed by atoms with Crippen molar-refractivity contribution < 1.29 is 9.53 Å². The van der Waals surface area contributed by atoms with E-state index in [9.17, 15) is 4.79 Å². The molecular formula is C16H24N2O2. The summed E-state index contributed by atoms with van der Waals surface area (Å²) in [6, 6.07) is 9.52. The molecule has 0 aromatic heterocycles. The van der Waals surface area contributed by atoms with Gasteiger partial charge in [0.1, 0.15) is 0 Å². The third-order valence-electron chi connectivity index (χ3n) is 3.85. The van der Waals surface area contributed by atoms with Crippen molar-refractivity contribution >= 4 is 5.91 Å². The van der Waals surface area contributed by atoms with Crippen LogP contribution in [0, 0.1) is 5.92 Å². The molecule has 2 N–H and O–H groups in total. The van der Waals surface area contributed by atoms with Crippen LogP contribution in [0.3, 0.4) is 0 Å². The van der Waals surface area contributed by atoms with Crippen LogP contribution >= 0.6 is 0 Å². The van der Waals surface area contributed by atoms with Gasteiger partial charge in [0.15, 0.2) is 0 Å². The molecule has 1 aromatic rings. The number of carbonyl (C=O) groups excluding carboxylic acids is 1. The van der Waals surface area contributed by atoms with Crippen LogP contribution in [0.2, 0.25) is 0 Å². The average molecular weight is 276 g/mol. The fourth-order valence-corrected chi connectivity index (χ4v) is 2.61. The number of rotatable bonds is 3. The Hall–Kier alpha value is -1.39. The minimum atomic E-state index is -0.273. The maximum Gasteiger partial charge on any atom is 0.227 e. The van der Waals surface area contributed by atoms with Gasteiger partial charge in [0.2, 0.25) is 5.91 Å². The van der Waals surface area contributed by atoms with E-state index >= 15 is 0 Å². The van der Waals surface area contributed by atoms with E-state index in [1.807, 2.05) is 56.0 Å². The highest BCUT2D eigenvalue weighted by Crippen LogP contribution is 2.24. The molecular weight excluding hydrogens is 252 g/mol. The molecule has 1 fully saturated rings. The van der Waals surface area contributed by atoms with Crippen molar-refractivity contribution in [2.24, 2.45) is 11.7 Å². The van der Waals surface area contributed by atoms with Crippen LogP contribution < -0.4 is 5.73 Å². The Morgan fingerprint density at radius 1 is 1.35 bits per heavy atom. The first kappa shape index (κ1) is 15.0. The Bertz CT molecular complexity index is 459. The molecule has 1 aromatic carbocycles. The predicted octanol–water partition coefficient (Wildman–Crippen LogP) is 1.96. The standard InChI is InChI=1S/C16H24N2O2/c1-12(14(17)13-7-5-4-6-8-13)15(19)18-9-10-20-16(2,3)11-18/h4-8,12,14H,9-11,17H2,1-3H3. The Morgan fingerprint density at radius 3 is 2.60 bits per heavy atom. The van der Waals surface area contributed by atoms with Crippen molar-refractivity contribution in [3.63, 3.8) is 0 Å². The Balaban J connectivity index is 2.05. The lowest BCUT2D eigenvalue weighted by Gasteiger charge is -2.39. The fraction of sp³-hybridized carbons (Fsp3) is 0.562. The van der Waals surface area contributed by atoms with Crippen LogP contribution in [0.5, 0.6) is 0 Å². The molecule has 0 radical (unpaired) electrons. The van der Waals surface area contributed by atoms with Crippen molar-refractivity contribution in [3.8, 4) is 0 Å². The second kappa shape index (κ2) is 5.94. The molecule has 2 rings (SSSR count). The number of amides is 1. The number of benzene rings is 1. The third kappa shape index (κ3) is 3.38. The molecule has 2 atom stereocenters. The van der Waals surface area contributed by atoms with Crippen molar-refractivity contribution in [2.75, 3.05) is 19.7 Å². The minimum absolute atomic E-state index is 0.109. The summed E-state index contributed by atoms with van der Waals surface area (Å²) in [7, 11) is 0. The Kier molecular flexibility index (Phi) is 4.45. The molecule has 1 heterocycles. The van der Waals surface area contributed by atoms with Gasteiger partial charge in [-0.2, -0.15) is 0 Å². The minimum Gasteiger partial charge on any atom is -0.372 e. The van der Waals surface area contributed by atoms with Crippen molar-refractivity contribution in [1.82, 2.24) is 4.90 Å². The Morgan fingerprint density at radius 2 is 2.00 bits per heavy atom. The lowest BCUT2D eigenvalue weighted by atomic mass is 9.93. The monoisotopic (exact) mass is 276 g/mol. The topological polar surface area (TPSA) is 55.6 Å². The van der Waals surface area contributed by atoms with E-state index in [-0.39, 0.29) is 23.5 Å². The predicted molar refractivity (Wildman–Crippen MR) is 79.1 cm³/mol. The summed E-state index contributed by atoms with van der Waals surface area (Å²) < 4.78 is 5.65. The van der Waals surface area contributed by atoms with Gasteiger partial charge >= 0.3 is 0 Å². The number of nitrogens with two attached hydrogens (primary N) is 1. The molecule has 0 bridgehead atoms. The van der Waals surface area contributed by atoms with Crippen LogP contribution in [0.1, 0.15) is 32.4 Å². The zero-order chi connectivity index (χ0) is 14.8. The normalized spacial score (nSPS) is 21.3. The number of carbonyl (C=O) groups is 1. The molecule has 1 aliphatic heterocycles. The zero-order valence-corrected chi connectivity index (χ0v) is 12.5. The second-order valence-electron chi connectivity index (χ2n) is 6.09. The summed E-state index contributed by atoms with van der Waals surface area (Å²) in [5.41, 5.74) is 6.96. The summed E-state index contributed by atoms with van der Waals surface area (Å²) in [4.78, 5) is 14.5. The molecule has 4 heteroatoms. The molecule has 110 valence electrons. The van der Waals surface area contributed by atoms with Crippen LogP contribution in [-0.2, 0) is 9.53 Å². The van der Waals surface area contributed by atoms with Gasteiger partial charge in [-0.15, -0.1) is 0 Å². The summed E-state index contributed by atoms with van der Waals surface area (Å²) in [6.45, 7) is 7.78. The van der Waals surface area contributed by atoms with Gasteiger partial charge in [0, 0.05) is 19.1 Å². The van der Waals surface area contributed by atoms with Crippen LogP contribution in [0.25, 0.3) is 0 Å². The van der Waals surface area contributed by atoms with Crippen molar-refractivity contribution in [2.45, 2.75) is 32.4 Å². The quantitative estimate of drug-likeness (QED) is 0.918. The number of nitrogens with zero attached hydrogens (tertiary/aromatic N) is 1. The SMILES string of the molecule is CC(C(=O)N1CCOC(C)(C)C1)C(N)c1ccccc1. The van der Waals surface area contributed by atoms with Gasteiger partial charge in [-0.3, -0.25) is 4.79 Å². The summed E-state index contributed by atoms with van der Waals surface area (Å²) in [6.07, 6.45) is 0. The van der Waals surface area contributed by atoms with Gasteiger partial charge in [-0.05, 0) is 19.4 Å². The second-order valence-corrected chi connectivity index (χ2v) is 6.09. The first-order valence-electron chi connectivity index (χ1n) is 7.14. The van der Waals surface area contributed by atoms with Crippen LogP contribution in [0.4, 0.5) is 0 Å². The first-order chi connectivity index (χ1) is 9.41. The van der Waals surface area contributed by atoms with E-state index in [2.05, 4.69) is 0 Å². The van der Waals surface area contributed by atoms with Gasteiger partial charge < -0.3 is 15.4 Å². The van der Waals surface area contributed by atoms with E-state index in [4.69, 9.17) is 10.5 Å². The van der Waals surface area contributed by atoms with Gasteiger partial charge in [-0.1, -0.05) is 37.3 Å². The molecule has 1 amide bonds. The smallest absolute Gasteiger partial charge is 0.227 e. The van der Waals surface area contributed by atoms with Gasteiger partial charge in [0.05, 0.1) is 18.1 Å².